The molecule has 102 valence electrons. The molecular formula is C17H29O+. The molecule has 0 aromatic carbocycles. The molecule has 18 heavy (non-hydrogen) atoms. The minimum atomic E-state index is 0.540. The van der Waals surface area contributed by atoms with Crippen LogP contribution in [0.25, 0.3) is 0 Å². The Morgan fingerprint density at radius 3 is 2.44 bits per heavy atom. The zero-order valence-corrected chi connectivity index (χ0v) is 12.5. The molecule has 1 nitrogen and oxygen atoms in total. The Bertz CT molecular complexity index is 300. The van der Waals surface area contributed by atoms with Gasteiger partial charge in [0.1, 0.15) is 24.0 Å². The molecule has 0 radical (unpaired) electrons. The molecule has 1 saturated heterocycles. The van der Waals surface area contributed by atoms with Gasteiger partial charge in [-0.3, -0.25) is 0 Å². The van der Waals surface area contributed by atoms with E-state index in [0.717, 1.165) is 29.6 Å². The van der Waals surface area contributed by atoms with Crippen LogP contribution in [0.1, 0.15) is 59.8 Å². The van der Waals surface area contributed by atoms with Crippen LogP contribution >= 0.6 is 0 Å². The van der Waals surface area contributed by atoms with Crippen LogP contribution in [-0.4, -0.2) is 12.2 Å². The van der Waals surface area contributed by atoms with Gasteiger partial charge in [0.15, 0.2) is 0 Å². The summed E-state index contributed by atoms with van der Waals surface area (Å²) in [5.74, 6) is 5.91. The minimum absolute atomic E-state index is 0.540. The highest BCUT2D eigenvalue weighted by Gasteiger charge is 2.56. The minimum Gasteiger partial charge on any atom is -0.365 e. The van der Waals surface area contributed by atoms with E-state index in [9.17, 15) is 0 Å². The smallest absolute Gasteiger partial charge is 0.129 e. The first kappa shape index (κ1) is 12.8. The molecular weight excluding hydrogens is 220 g/mol. The standard InChI is InChI=1S/C17H29O/c1-10-5-6-15-14(8-10)13(4)17-12(3)7-11(2)9-16(17)18-15/h10-12,14-17H,5-9H2,1-4H3/q+1. The van der Waals surface area contributed by atoms with E-state index in [1.807, 2.05) is 0 Å². The zero-order chi connectivity index (χ0) is 12.9. The average molecular weight is 249 g/mol. The first-order valence-corrected chi connectivity index (χ1v) is 8.05. The SMILES string of the molecule is C[C+]1C2CC(C)CCC2OC2CC(C)CC(C)C12. The fraction of sp³-hybridized carbons (Fsp3) is 0.941. The van der Waals surface area contributed by atoms with E-state index >= 15 is 0 Å². The molecule has 0 spiro atoms. The number of hydrogen-bond donors (Lipinski definition) is 0. The number of ether oxygens (including phenoxy) is 1. The summed E-state index contributed by atoms with van der Waals surface area (Å²) in [4.78, 5) is 0. The van der Waals surface area contributed by atoms with Crippen molar-refractivity contribution in [3.05, 3.63) is 5.92 Å². The maximum Gasteiger partial charge on any atom is 0.129 e. The Labute approximate surface area is 113 Å². The van der Waals surface area contributed by atoms with Gasteiger partial charge in [0, 0.05) is 5.92 Å². The lowest BCUT2D eigenvalue weighted by Gasteiger charge is -2.47. The number of rotatable bonds is 0. The normalized spacial score (nSPS) is 52.7. The third kappa shape index (κ3) is 2.09. The van der Waals surface area contributed by atoms with E-state index in [4.69, 9.17) is 4.74 Å². The highest BCUT2D eigenvalue weighted by molar-refractivity contribution is 5.11. The average Bonchev–Trinajstić information content (AvgIpc) is 2.29. The summed E-state index contributed by atoms with van der Waals surface area (Å²) in [5.41, 5.74) is 0. The number of hydrogen-bond acceptors (Lipinski definition) is 1. The van der Waals surface area contributed by atoms with E-state index in [2.05, 4.69) is 27.7 Å². The van der Waals surface area contributed by atoms with Gasteiger partial charge in [-0.25, -0.2) is 0 Å². The molecule has 1 heteroatoms. The lowest BCUT2D eigenvalue weighted by molar-refractivity contribution is -0.149. The largest absolute Gasteiger partial charge is 0.365 e. The van der Waals surface area contributed by atoms with Crippen LogP contribution in [0.4, 0.5) is 0 Å². The maximum absolute atomic E-state index is 6.53. The van der Waals surface area contributed by atoms with E-state index in [0.29, 0.717) is 12.2 Å². The van der Waals surface area contributed by atoms with E-state index in [1.165, 1.54) is 32.1 Å². The van der Waals surface area contributed by atoms with Crippen molar-refractivity contribution in [2.45, 2.75) is 72.0 Å². The predicted molar refractivity (Wildman–Crippen MR) is 75.1 cm³/mol. The first-order valence-electron chi connectivity index (χ1n) is 8.05. The predicted octanol–water partition coefficient (Wildman–Crippen LogP) is 4.47. The van der Waals surface area contributed by atoms with Crippen LogP contribution in [0, 0.1) is 35.5 Å². The lowest BCUT2D eigenvalue weighted by Crippen LogP contribution is -2.52. The summed E-state index contributed by atoms with van der Waals surface area (Å²) in [7, 11) is 0. The quantitative estimate of drug-likeness (QED) is 0.576. The fourth-order valence-corrected chi connectivity index (χ4v) is 5.14. The van der Waals surface area contributed by atoms with Gasteiger partial charge in [0.25, 0.3) is 0 Å². The Morgan fingerprint density at radius 1 is 0.889 bits per heavy atom. The molecule has 0 aromatic heterocycles. The summed E-state index contributed by atoms with van der Waals surface area (Å²) >= 11 is 0. The van der Waals surface area contributed by atoms with Crippen molar-refractivity contribution < 1.29 is 4.74 Å². The Balaban J connectivity index is 1.79. The van der Waals surface area contributed by atoms with Gasteiger partial charge in [0.05, 0.1) is 12.8 Å². The first-order chi connectivity index (χ1) is 8.56. The van der Waals surface area contributed by atoms with E-state index < -0.39 is 0 Å². The molecule has 7 unspecified atom stereocenters. The molecule has 0 bridgehead atoms. The highest BCUT2D eigenvalue weighted by atomic mass is 16.5. The van der Waals surface area contributed by atoms with Crippen molar-refractivity contribution >= 4 is 0 Å². The van der Waals surface area contributed by atoms with Crippen LogP contribution in [0.2, 0.25) is 0 Å². The topological polar surface area (TPSA) is 9.23 Å². The van der Waals surface area contributed by atoms with E-state index in [1.54, 1.807) is 5.92 Å². The Hall–Kier alpha value is -0.170. The van der Waals surface area contributed by atoms with Crippen LogP contribution in [-0.2, 0) is 4.74 Å². The second-order valence-electron chi connectivity index (χ2n) is 7.56. The van der Waals surface area contributed by atoms with Crippen molar-refractivity contribution in [2.75, 3.05) is 0 Å². The monoisotopic (exact) mass is 249 g/mol. The molecule has 0 N–H and O–H groups in total. The molecule has 0 amide bonds. The fourth-order valence-electron chi connectivity index (χ4n) is 5.14. The van der Waals surface area contributed by atoms with E-state index in [-0.39, 0.29) is 0 Å². The lowest BCUT2D eigenvalue weighted by atomic mass is 9.60. The van der Waals surface area contributed by atoms with Gasteiger partial charge < -0.3 is 4.74 Å². The number of fused-ring (bicyclic) bond motifs is 2. The zero-order valence-electron chi connectivity index (χ0n) is 12.5. The maximum atomic E-state index is 6.53. The molecule has 3 aliphatic rings. The van der Waals surface area contributed by atoms with Gasteiger partial charge in [-0.2, -0.15) is 0 Å². The van der Waals surface area contributed by atoms with Crippen molar-refractivity contribution in [2.24, 2.45) is 29.6 Å². The molecule has 2 aliphatic carbocycles. The second-order valence-corrected chi connectivity index (χ2v) is 7.56. The molecule has 3 rings (SSSR count). The van der Waals surface area contributed by atoms with Gasteiger partial charge in [0.2, 0.25) is 0 Å². The van der Waals surface area contributed by atoms with Crippen molar-refractivity contribution in [1.82, 2.24) is 0 Å². The summed E-state index contributed by atoms with van der Waals surface area (Å²) in [6.45, 7) is 9.72. The van der Waals surface area contributed by atoms with Crippen LogP contribution in [0.3, 0.4) is 0 Å². The Morgan fingerprint density at radius 2 is 1.67 bits per heavy atom. The Kier molecular flexibility index (Phi) is 3.38. The van der Waals surface area contributed by atoms with Gasteiger partial charge >= 0.3 is 0 Å². The molecule has 2 saturated carbocycles. The summed E-state index contributed by atoms with van der Waals surface area (Å²) in [5, 5.41) is 0. The van der Waals surface area contributed by atoms with Crippen molar-refractivity contribution in [1.29, 1.82) is 0 Å². The van der Waals surface area contributed by atoms with Gasteiger partial charge in [-0.1, -0.05) is 20.8 Å². The van der Waals surface area contributed by atoms with Crippen LogP contribution < -0.4 is 0 Å². The summed E-state index contributed by atoms with van der Waals surface area (Å²) in [6, 6.07) is 0. The highest BCUT2D eigenvalue weighted by Crippen LogP contribution is 2.51. The summed E-state index contributed by atoms with van der Waals surface area (Å²) < 4.78 is 6.53. The molecule has 3 fully saturated rings. The molecule has 0 aromatic rings. The van der Waals surface area contributed by atoms with Crippen molar-refractivity contribution in [3.8, 4) is 0 Å². The summed E-state index contributed by atoms with van der Waals surface area (Å²) in [6.07, 6.45) is 7.84. The second kappa shape index (κ2) is 4.74. The molecule has 1 heterocycles. The van der Waals surface area contributed by atoms with Crippen LogP contribution in [0.15, 0.2) is 0 Å². The third-order valence-electron chi connectivity index (χ3n) is 5.93. The van der Waals surface area contributed by atoms with Gasteiger partial charge in [-0.05, 0) is 43.9 Å². The van der Waals surface area contributed by atoms with Crippen molar-refractivity contribution in [3.63, 3.8) is 0 Å². The molecule has 7 atom stereocenters. The van der Waals surface area contributed by atoms with Crippen LogP contribution in [0.5, 0.6) is 0 Å². The third-order valence-corrected chi connectivity index (χ3v) is 5.93. The molecule has 1 aliphatic heterocycles. The van der Waals surface area contributed by atoms with Gasteiger partial charge in [-0.15, -0.1) is 0 Å².